The third-order valence-corrected chi connectivity index (χ3v) is 4.09. The number of benzene rings is 1. The average Bonchev–Trinajstić information content (AvgIpc) is 2.90. The number of aliphatic hydroxyl groups excluding tert-OH is 1. The number of nitrogens with two attached hydrogens (primary N) is 1. The van der Waals surface area contributed by atoms with E-state index in [9.17, 15) is 5.11 Å². The first-order valence-corrected chi connectivity index (χ1v) is 7.26. The molecule has 2 rings (SSSR count). The van der Waals surface area contributed by atoms with Crippen molar-refractivity contribution in [2.24, 2.45) is 11.7 Å². The summed E-state index contributed by atoms with van der Waals surface area (Å²) in [7, 11) is 0. The van der Waals surface area contributed by atoms with Crippen LogP contribution in [0, 0.1) is 5.92 Å². The zero-order chi connectivity index (χ0) is 12.8. The third-order valence-electron chi connectivity index (χ3n) is 4.09. The van der Waals surface area contributed by atoms with Crippen molar-refractivity contribution in [3.63, 3.8) is 0 Å². The van der Waals surface area contributed by atoms with E-state index in [0.29, 0.717) is 13.0 Å². The first-order chi connectivity index (χ1) is 8.79. The largest absolute Gasteiger partial charge is 0.388 e. The van der Waals surface area contributed by atoms with E-state index in [2.05, 4.69) is 18.2 Å². The van der Waals surface area contributed by atoms with Gasteiger partial charge in [-0.25, -0.2) is 0 Å². The van der Waals surface area contributed by atoms with Gasteiger partial charge in [0.25, 0.3) is 0 Å². The number of aryl methyl sites for hydroxylation is 1. The summed E-state index contributed by atoms with van der Waals surface area (Å²) in [4.78, 5) is 0. The molecule has 1 atom stereocenters. The normalized spacial score (nSPS) is 18.1. The molecule has 1 aliphatic carbocycles. The van der Waals surface area contributed by atoms with Crippen LogP contribution in [0.25, 0.3) is 0 Å². The molecule has 2 heteroatoms. The highest BCUT2D eigenvalue weighted by Crippen LogP contribution is 2.29. The van der Waals surface area contributed by atoms with E-state index < -0.39 is 6.10 Å². The van der Waals surface area contributed by atoms with Crippen LogP contribution in [0.5, 0.6) is 0 Å². The van der Waals surface area contributed by atoms with Crippen molar-refractivity contribution in [1.29, 1.82) is 0 Å². The Kier molecular flexibility index (Phi) is 5.21. The summed E-state index contributed by atoms with van der Waals surface area (Å²) in [5.41, 5.74) is 7.86. The molecule has 1 aromatic carbocycles. The van der Waals surface area contributed by atoms with Gasteiger partial charge in [-0.1, -0.05) is 49.9 Å². The smallest absolute Gasteiger partial charge is 0.0802 e. The fraction of sp³-hybridized carbons (Fsp3) is 0.625. The molecule has 0 aromatic heterocycles. The molecule has 0 amide bonds. The minimum atomic E-state index is -0.401. The van der Waals surface area contributed by atoms with E-state index in [1.165, 1.54) is 37.7 Å². The predicted molar refractivity (Wildman–Crippen MR) is 75.4 cm³/mol. The Labute approximate surface area is 110 Å². The molecule has 1 fully saturated rings. The summed E-state index contributed by atoms with van der Waals surface area (Å²) in [6.07, 6.45) is 8.35. The van der Waals surface area contributed by atoms with E-state index in [1.807, 2.05) is 6.07 Å². The molecule has 2 nitrogen and oxygen atoms in total. The first-order valence-electron chi connectivity index (χ1n) is 7.26. The van der Waals surface area contributed by atoms with Gasteiger partial charge in [0.05, 0.1) is 6.10 Å². The van der Waals surface area contributed by atoms with Gasteiger partial charge in [0.1, 0.15) is 0 Å². The van der Waals surface area contributed by atoms with Gasteiger partial charge in [-0.3, -0.25) is 0 Å². The number of aliphatic hydroxyl groups is 1. The second-order valence-corrected chi connectivity index (χ2v) is 5.53. The Morgan fingerprint density at radius 2 is 2.06 bits per heavy atom. The maximum atomic E-state index is 9.94. The summed E-state index contributed by atoms with van der Waals surface area (Å²) in [6, 6.07) is 8.38. The zero-order valence-corrected chi connectivity index (χ0v) is 11.1. The van der Waals surface area contributed by atoms with Crippen molar-refractivity contribution in [2.45, 2.75) is 51.0 Å². The minimum absolute atomic E-state index is 0.401. The molecular weight excluding hydrogens is 222 g/mol. The second-order valence-electron chi connectivity index (χ2n) is 5.53. The van der Waals surface area contributed by atoms with Crippen molar-refractivity contribution in [3.05, 3.63) is 35.4 Å². The molecule has 3 N–H and O–H groups in total. The topological polar surface area (TPSA) is 46.2 Å². The lowest BCUT2D eigenvalue weighted by Gasteiger charge is -2.12. The van der Waals surface area contributed by atoms with Gasteiger partial charge in [-0.15, -0.1) is 0 Å². The Morgan fingerprint density at radius 1 is 1.28 bits per heavy atom. The van der Waals surface area contributed by atoms with E-state index in [-0.39, 0.29) is 0 Å². The van der Waals surface area contributed by atoms with Crippen LogP contribution < -0.4 is 5.73 Å². The average molecular weight is 247 g/mol. The highest BCUT2D eigenvalue weighted by Gasteiger charge is 2.14. The standard InChI is InChI=1S/C16H25NO/c17-11-10-16(18)15-7-3-6-14(12-15)9-8-13-4-1-2-5-13/h3,6-7,12-13,16,18H,1-2,4-5,8-11,17H2/t16-/m1/s1. The zero-order valence-electron chi connectivity index (χ0n) is 11.1. The fourth-order valence-electron chi connectivity index (χ4n) is 2.95. The van der Waals surface area contributed by atoms with Gasteiger partial charge in [-0.2, -0.15) is 0 Å². The molecule has 100 valence electrons. The fourth-order valence-corrected chi connectivity index (χ4v) is 2.95. The maximum absolute atomic E-state index is 9.94. The summed E-state index contributed by atoms with van der Waals surface area (Å²) in [6.45, 7) is 0.535. The van der Waals surface area contributed by atoms with Gasteiger partial charge in [0.2, 0.25) is 0 Å². The monoisotopic (exact) mass is 247 g/mol. The predicted octanol–water partition coefficient (Wildman–Crippen LogP) is 3.19. The van der Waals surface area contributed by atoms with Crippen LogP contribution in [0.4, 0.5) is 0 Å². The SMILES string of the molecule is NCC[C@@H](O)c1cccc(CCC2CCCC2)c1. The summed E-state index contributed by atoms with van der Waals surface area (Å²) < 4.78 is 0. The van der Waals surface area contributed by atoms with Gasteiger partial charge < -0.3 is 10.8 Å². The number of hydrogen-bond donors (Lipinski definition) is 2. The van der Waals surface area contributed by atoms with Crippen molar-refractivity contribution in [2.75, 3.05) is 6.54 Å². The van der Waals surface area contributed by atoms with Crippen LogP contribution >= 0.6 is 0 Å². The molecule has 0 saturated heterocycles. The Hall–Kier alpha value is -0.860. The van der Waals surface area contributed by atoms with Crippen molar-refractivity contribution >= 4 is 0 Å². The quantitative estimate of drug-likeness (QED) is 0.811. The van der Waals surface area contributed by atoms with E-state index in [4.69, 9.17) is 5.73 Å². The van der Waals surface area contributed by atoms with Crippen LogP contribution in [0.3, 0.4) is 0 Å². The van der Waals surface area contributed by atoms with E-state index in [0.717, 1.165) is 17.9 Å². The second kappa shape index (κ2) is 6.91. The highest BCUT2D eigenvalue weighted by molar-refractivity contribution is 5.25. The van der Waals surface area contributed by atoms with Crippen LogP contribution in [-0.2, 0) is 6.42 Å². The van der Waals surface area contributed by atoms with Crippen molar-refractivity contribution in [1.82, 2.24) is 0 Å². The molecule has 0 aliphatic heterocycles. The van der Waals surface area contributed by atoms with Crippen LogP contribution in [0.15, 0.2) is 24.3 Å². The molecule has 18 heavy (non-hydrogen) atoms. The van der Waals surface area contributed by atoms with E-state index in [1.54, 1.807) is 0 Å². The molecular formula is C16H25NO. The maximum Gasteiger partial charge on any atom is 0.0802 e. The molecule has 0 radical (unpaired) electrons. The molecule has 0 spiro atoms. The van der Waals surface area contributed by atoms with Crippen LogP contribution in [0.2, 0.25) is 0 Å². The minimum Gasteiger partial charge on any atom is -0.388 e. The first kappa shape index (κ1) is 13.6. The van der Waals surface area contributed by atoms with Gasteiger partial charge in [-0.05, 0) is 42.9 Å². The third kappa shape index (κ3) is 3.82. The van der Waals surface area contributed by atoms with Crippen LogP contribution in [0.1, 0.15) is 55.8 Å². The lowest BCUT2D eigenvalue weighted by Crippen LogP contribution is -2.07. The highest BCUT2D eigenvalue weighted by atomic mass is 16.3. The van der Waals surface area contributed by atoms with Gasteiger partial charge in [0, 0.05) is 0 Å². The lowest BCUT2D eigenvalue weighted by atomic mass is 9.96. The molecule has 0 unspecified atom stereocenters. The summed E-state index contributed by atoms with van der Waals surface area (Å²) in [5.74, 6) is 0.933. The van der Waals surface area contributed by atoms with Crippen LogP contribution in [-0.4, -0.2) is 11.7 Å². The van der Waals surface area contributed by atoms with Crippen molar-refractivity contribution < 1.29 is 5.11 Å². The molecule has 1 aliphatic rings. The lowest BCUT2D eigenvalue weighted by molar-refractivity contribution is 0.170. The molecule has 1 saturated carbocycles. The Morgan fingerprint density at radius 3 is 2.78 bits per heavy atom. The summed E-state index contributed by atoms with van der Waals surface area (Å²) >= 11 is 0. The van der Waals surface area contributed by atoms with Gasteiger partial charge in [0.15, 0.2) is 0 Å². The van der Waals surface area contributed by atoms with E-state index >= 15 is 0 Å². The molecule has 0 bridgehead atoms. The molecule has 1 aromatic rings. The molecule has 0 heterocycles. The Bertz CT molecular complexity index is 358. The number of rotatable bonds is 6. The van der Waals surface area contributed by atoms with Gasteiger partial charge >= 0.3 is 0 Å². The Balaban J connectivity index is 1.89. The van der Waals surface area contributed by atoms with Crippen molar-refractivity contribution in [3.8, 4) is 0 Å². The number of hydrogen-bond acceptors (Lipinski definition) is 2. The summed E-state index contributed by atoms with van der Waals surface area (Å²) in [5, 5.41) is 9.94.